The molecule has 0 heterocycles. The average molecular weight is 281 g/mol. The summed E-state index contributed by atoms with van der Waals surface area (Å²) in [6.07, 6.45) is 0. The van der Waals surface area contributed by atoms with E-state index in [9.17, 15) is 0 Å². The van der Waals surface area contributed by atoms with Crippen molar-refractivity contribution in [1.82, 2.24) is 0 Å². The van der Waals surface area contributed by atoms with Gasteiger partial charge in [0.2, 0.25) is 0 Å². The van der Waals surface area contributed by atoms with Crippen LogP contribution in [0, 0.1) is 13.8 Å². The van der Waals surface area contributed by atoms with Gasteiger partial charge in [0.1, 0.15) is 12.4 Å². The zero-order valence-corrected chi connectivity index (χ0v) is 10.7. The van der Waals surface area contributed by atoms with E-state index in [4.69, 9.17) is 10.5 Å². The molecule has 0 aliphatic rings. The Bertz CT molecular complexity index is 304. The van der Waals surface area contributed by atoms with E-state index < -0.39 is 0 Å². The average Bonchev–Trinajstić information content (AvgIpc) is 2.13. The third-order valence-electron chi connectivity index (χ3n) is 2.05. The van der Waals surface area contributed by atoms with Gasteiger partial charge >= 0.3 is 0 Å². The van der Waals surface area contributed by atoms with Crippen LogP contribution in [0.2, 0.25) is 0 Å². The maximum atomic E-state index is 5.48. The van der Waals surface area contributed by atoms with E-state index in [1.165, 1.54) is 11.1 Å². The highest BCUT2D eigenvalue weighted by molar-refractivity contribution is 9.10. The van der Waals surface area contributed by atoms with E-state index in [-0.39, 0.29) is 12.4 Å². The molecule has 1 rings (SSSR count). The highest BCUT2D eigenvalue weighted by Gasteiger charge is 2.04. The van der Waals surface area contributed by atoms with Crippen molar-refractivity contribution in [3.05, 3.63) is 27.7 Å². The van der Waals surface area contributed by atoms with Crippen LogP contribution >= 0.6 is 28.3 Å². The highest BCUT2D eigenvalue weighted by Crippen LogP contribution is 2.27. The Morgan fingerprint density at radius 2 is 1.93 bits per heavy atom. The molecule has 0 saturated carbocycles. The molecule has 80 valence electrons. The van der Waals surface area contributed by atoms with Gasteiger partial charge in [-0.3, -0.25) is 0 Å². The molecule has 0 amide bonds. The van der Waals surface area contributed by atoms with Gasteiger partial charge < -0.3 is 10.5 Å². The molecule has 4 heteroatoms. The van der Waals surface area contributed by atoms with Crippen LogP contribution in [0.3, 0.4) is 0 Å². The van der Waals surface area contributed by atoms with Crippen molar-refractivity contribution < 1.29 is 4.74 Å². The quantitative estimate of drug-likeness (QED) is 0.924. The lowest BCUT2D eigenvalue weighted by Crippen LogP contribution is -2.11. The van der Waals surface area contributed by atoms with Crippen LogP contribution in [0.15, 0.2) is 16.6 Å². The Kier molecular flexibility index (Phi) is 6.16. The number of ether oxygens (including phenoxy) is 1. The second-order valence-corrected chi connectivity index (χ2v) is 3.79. The summed E-state index contributed by atoms with van der Waals surface area (Å²) < 4.78 is 6.59. The first-order valence-electron chi connectivity index (χ1n) is 4.25. The zero-order chi connectivity index (χ0) is 9.84. The van der Waals surface area contributed by atoms with E-state index >= 15 is 0 Å². The summed E-state index contributed by atoms with van der Waals surface area (Å²) in [5.41, 5.74) is 7.75. The summed E-state index contributed by atoms with van der Waals surface area (Å²) in [7, 11) is 0. The number of rotatable bonds is 3. The number of hydrogen-bond acceptors (Lipinski definition) is 2. The molecule has 14 heavy (non-hydrogen) atoms. The second kappa shape index (κ2) is 6.27. The van der Waals surface area contributed by atoms with Gasteiger partial charge in [-0.15, -0.1) is 12.4 Å². The largest absolute Gasteiger partial charge is 0.492 e. The van der Waals surface area contributed by atoms with Crippen molar-refractivity contribution in [2.75, 3.05) is 13.2 Å². The van der Waals surface area contributed by atoms with Crippen molar-refractivity contribution >= 4 is 28.3 Å². The summed E-state index contributed by atoms with van der Waals surface area (Å²) in [5.74, 6) is 0.922. The third-order valence-corrected chi connectivity index (χ3v) is 2.91. The number of halogens is 2. The minimum absolute atomic E-state index is 0. The standard InChI is InChI=1S/C10H14BrNO.ClH/c1-7-8(2)10(13-6-5-12)4-3-9(7)11;/h3-4H,5-6,12H2,1-2H3;1H. The first kappa shape index (κ1) is 13.8. The molecule has 2 N–H and O–H groups in total. The molecule has 0 radical (unpaired) electrons. The fraction of sp³-hybridized carbons (Fsp3) is 0.400. The van der Waals surface area contributed by atoms with E-state index in [1.807, 2.05) is 19.1 Å². The lowest BCUT2D eigenvalue weighted by Gasteiger charge is -2.11. The minimum atomic E-state index is 0. The predicted octanol–water partition coefficient (Wildman–Crippen LogP) is 2.83. The fourth-order valence-corrected chi connectivity index (χ4v) is 1.52. The van der Waals surface area contributed by atoms with E-state index in [2.05, 4.69) is 22.9 Å². The zero-order valence-electron chi connectivity index (χ0n) is 8.34. The number of hydrogen-bond donors (Lipinski definition) is 1. The van der Waals surface area contributed by atoms with Crippen molar-refractivity contribution in [3.8, 4) is 5.75 Å². The van der Waals surface area contributed by atoms with Crippen molar-refractivity contribution in [1.29, 1.82) is 0 Å². The van der Waals surface area contributed by atoms with Gasteiger partial charge in [0.05, 0.1) is 0 Å². The van der Waals surface area contributed by atoms with Crippen LogP contribution in [-0.4, -0.2) is 13.2 Å². The number of benzene rings is 1. The lowest BCUT2D eigenvalue weighted by atomic mass is 10.1. The molecule has 1 aromatic carbocycles. The molecule has 0 fully saturated rings. The summed E-state index contributed by atoms with van der Waals surface area (Å²) in [6.45, 7) is 5.23. The molecule has 0 aromatic heterocycles. The van der Waals surface area contributed by atoms with Gasteiger partial charge in [0, 0.05) is 11.0 Å². The maximum absolute atomic E-state index is 5.48. The smallest absolute Gasteiger partial charge is 0.122 e. The Hall–Kier alpha value is -0.250. The van der Waals surface area contributed by atoms with E-state index in [0.717, 1.165) is 10.2 Å². The molecule has 1 aromatic rings. The van der Waals surface area contributed by atoms with Gasteiger partial charge in [0.25, 0.3) is 0 Å². The summed E-state index contributed by atoms with van der Waals surface area (Å²) in [6, 6.07) is 3.95. The Labute approximate surface area is 99.4 Å². The molecule has 0 unspecified atom stereocenters. The van der Waals surface area contributed by atoms with Gasteiger partial charge in [-0.05, 0) is 37.1 Å². The predicted molar refractivity (Wildman–Crippen MR) is 65.4 cm³/mol. The summed E-state index contributed by atoms with van der Waals surface area (Å²) >= 11 is 3.47. The topological polar surface area (TPSA) is 35.2 Å². The van der Waals surface area contributed by atoms with Gasteiger partial charge in [-0.25, -0.2) is 0 Å². The van der Waals surface area contributed by atoms with Gasteiger partial charge in [0.15, 0.2) is 0 Å². The molecule has 0 bridgehead atoms. The Morgan fingerprint density at radius 1 is 1.29 bits per heavy atom. The molecular formula is C10H15BrClNO. The van der Waals surface area contributed by atoms with Gasteiger partial charge in [-0.2, -0.15) is 0 Å². The van der Waals surface area contributed by atoms with Crippen LogP contribution in [-0.2, 0) is 0 Å². The fourth-order valence-electron chi connectivity index (χ4n) is 1.09. The molecule has 0 spiro atoms. The van der Waals surface area contributed by atoms with E-state index in [1.54, 1.807) is 0 Å². The molecular weight excluding hydrogens is 265 g/mol. The lowest BCUT2D eigenvalue weighted by molar-refractivity contribution is 0.326. The van der Waals surface area contributed by atoms with E-state index in [0.29, 0.717) is 13.2 Å². The highest BCUT2D eigenvalue weighted by atomic mass is 79.9. The third kappa shape index (κ3) is 3.15. The van der Waals surface area contributed by atoms with Crippen molar-refractivity contribution in [3.63, 3.8) is 0 Å². The molecule has 0 saturated heterocycles. The van der Waals surface area contributed by atoms with Crippen molar-refractivity contribution in [2.45, 2.75) is 13.8 Å². The first-order valence-corrected chi connectivity index (χ1v) is 5.04. The van der Waals surface area contributed by atoms with Crippen LogP contribution in [0.25, 0.3) is 0 Å². The normalized spacial score (nSPS) is 9.43. The summed E-state index contributed by atoms with van der Waals surface area (Å²) in [5, 5.41) is 0. The SMILES string of the molecule is Cc1c(Br)ccc(OCCN)c1C.Cl. The summed E-state index contributed by atoms with van der Waals surface area (Å²) in [4.78, 5) is 0. The van der Waals surface area contributed by atoms with Crippen LogP contribution in [0.4, 0.5) is 0 Å². The van der Waals surface area contributed by atoms with Crippen LogP contribution in [0.5, 0.6) is 5.75 Å². The first-order chi connectivity index (χ1) is 6.16. The Morgan fingerprint density at radius 3 is 2.50 bits per heavy atom. The van der Waals surface area contributed by atoms with Crippen LogP contribution < -0.4 is 10.5 Å². The number of nitrogens with two attached hydrogens (primary N) is 1. The van der Waals surface area contributed by atoms with Gasteiger partial charge in [-0.1, -0.05) is 15.9 Å². The maximum Gasteiger partial charge on any atom is 0.122 e. The molecule has 0 atom stereocenters. The molecule has 0 aliphatic carbocycles. The van der Waals surface area contributed by atoms with Crippen molar-refractivity contribution in [2.24, 2.45) is 5.73 Å². The molecule has 0 aliphatic heterocycles. The molecule has 2 nitrogen and oxygen atoms in total. The second-order valence-electron chi connectivity index (χ2n) is 2.93. The minimum Gasteiger partial charge on any atom is -0.492 e. The van der Waals surface area contributed by atoms with Crippen LogP contribution in [0.1, 0.15) is 11.1 Å². The monoisotopic (exact) mass is 279 g/mol. The Balaban J connectivity index is 0.00000169.